The first-order valence-corrected chi connectivity index (χ1v) is 5.78. The van der Waals surface area contributed by atoms with E-state index in [4.69, 9.17) is 5.73 Å². The first-order chi connectivity index (χ1) is 8.47. The van der Waals surface area contributed by atoms with E-state index in [9.17, 15) is 9.59 Å². The molecular formula is C13H19N3O2. The van der Waals surface area contributed by atoms with Crippen molar-refractivity contribution in [3.8, 4) is 0 Å². The van der Waals surface area contributed by atoms with Crippen molar-refractivity contribution in [1.29, 1.82) is 0 Å². The summed E-state index contributed by atoms with van der Waals surface area (Å²) in [4.78, 5) is 24.8. The summed E-state index contributed by atoms with van der Waals surface area (Å²) >= 11 is 0. The highest BCUT2D eigenvalue weighted by atomic mass is 16.2. The number of nitrogens with one attached hydrogen (secondary N) is 1. The summed E-state index contributed by atoms with van der Waals surface area (Å²) < 4.78 is 0. The van der Waals surface area contributed by atoms with Gasteiger partial charge < -0.3 is 16.0 Å². The molecule has 0 heterocycles. The fraction of sp³-hybridized carbons (Fsp3) is 0.385. The molecule has 98 valence electrons. The first kappa shape index (κ1) is 14.0. The summed E-state index contributed by atoms with van der Waals surface area (Å²) in [5.74, 6) is -0.248. The van der Waals surface area contributed by atoms with Crippen LogP contribution in [0.5, 0.6) is 0 Å². The number of nitrogen functional groups attached to an aromatic ring is 1. The number of nitrogens with two attached hydrogens (primary N) is 1. The molecule has 0 bridgehead atoms. The van der Waals surface area contributed by atoms with Gasteiger partial charge in [-0.05, 0) is 18.6 Å². The summed E-state index contributed by atoms with van der Waals surface area (Å²) in [5.41, 5.74) is 7.63. The molecule has 1 aromatic carbocycles. The van der Waals surface area contributed by atoms with E-state index in [0.717, 1.165) is 5.56 Å². The van der Waals surface area contributed by atoms with Gasteiger partial charge in [0, 0.05) is 32.7 Å². The molecule has 3 N–H and O–H groups in total. The van der Waals surface area contributed by atoms with E-state index < -0.39 is 0 Å². The maximum Gasteiger partial charge on any atom is 0.255 e. The molecule has 0 aliphatic rings. The number of benzene rings is 1. The molecule has 0 aliphatic carbocycles. The summed E-state index contributed by atoms with van der Waals surface area (Å²) in [6.07, 6.45) is 0.282. The van der Waals surface area contributed by atoms with Crippen LogP contribution in [0.25, 0.3) is 0 Å². The van der Waals surface area contributed by atoms with Gasteiger partial charge >= 0.3 is 0 Å². The topological polar surface area (TPSA) is 75.4 Å². The molecule has 0 unspecified atom stereocenters. The van der Waals surface area contributed by atoms with Gasteiger partial charge in [-0.1, -0.05) is 12.1 Å². The number of amides is 2. The minimum atomic E-state index is -0.158. The van der Waals surface area contributed by atoms with Crippen molar-refractivity contribution in [3.05, 3.63) is 29.3 Å². The van der Waals surface area contributed by atoms with Crippen LogP contribution < -0.4 is 11.1 Å². The predicted octanol–water partition coefficient (Wildman–Crippen LogP) is 0.785. The van der Waals surface area contributed by atoms with Gasteiger partial charge in [0.2, 0.25) is 5.91 Å². The number of rotatable bonds is 4. The number of aryl methyl sites for hydroxylation is 1. The quantitative estimate of drug-likeness (QED) is 0.774. The van der Waals surface area contributed by atoms with Crippen LogP contribution in [0.2, 0.25) is 0 Å². The molecule has 0 aromatic heterocycles. The summed E-state index contributed by atoms with van der Waals surface area (Å²) in [7, 11) is 3.24. The van der Waals surface area contributed by atoms with Crippen molar-refractivity contribution in [2.24, 2.45) is 0 Å². The number of carbonyl (C=O) groups is 2. The summed E-state index contributed by atoms with van der Waals surface area (Å²) in [5, 5.41) is 2.52. The molecule has 2 amide bonds. The minimum absolute atomic E-state index is 0.0904. The van der Waals surface area contributed by atoms with E-state index in [1.54, 1.807) is 20.2 Å². The van der Waals surface area contributed by atoms with E-state index in [-0.39, 0.29) is 18.2 Å². The van der Waals surface area contributed by atoms with Crippen molar-refractivity contribution in [2.45, 2.75) is 13.3 Å². The molecule has 18 heavy (non-hydrogen) atoms. The molecule has 0 radical (unpaired) electrons. The Balaban J connectivity index is 2.78. The third-order valence-electron chi connectivity index (χ3n) is 2.82. The second-order valence-corrected chi connectivity index (χ2v) is 4.19. The average Bonchev–Trinajstić information content (AvgIpc) is 2.34. The normalized spacial score (nSPS) is 9.94. The third kappa shape index (κ3) is 3.23. The maximum atomic E-state index is 12.2. The Kier molecular flexibility index (Phi) is 4.71. The average molecular weight is 249 g/mol. The lowest BCUT2D eigenvalue weighted by molar-refractivity contribution is -0.120. The number of carbonyl (C=O) groups excluding carboxylic acids is 2. The second kappa shape index (κ2) is 6.05. The van der Waals surface area contributed by atoms with Crippen LogP contribution in [0.15, 0.2) is 18.2 Å². The Labute approximate surface area is 107 Å². The Hall–Kier alpha value is -2.04. The summed E-state index contributed by atoms with van der Waals surface area (Å²) in [6.45, 7) is 2.21. The van der Waals surface area contributed by atoms with E-state index in [1.807, 2.05) is 19.1 Å². The largest absolute Gasteiger partial charge is 0.398 e. The van der Waals surface area contributed by atoms with Crippen LogP contribution >= 0.6 is 0 Å². The lowest BCUT2D eigenvalue weighted by Gasteiger charge is -2.19. The van der Waals surface area contributed by atoms with E-state index >= 15 is 0 Å². The van der Waals surface area contributed by atoms with Gasteiger partial charge in [-0.25, -0.2) is 0 Å². The molecular weight excluding hydrogens is 230 g/mol. The van der Waals surface area contributed by atoms with Crippen LogP contribution in [0.3, 0.4) is 0 Å². The number of hydrogen-bond donors (Lipinski definition) is 2. The van der Waals surface area contributed by atoms with Crippen LogP contribution in [0.4, 0.5) is 5.69 Å². The zero-order valence-corrected chi connectivity index (χ0v) is 11.0. The monoisotopic (exact) mass is 249 g/mol. The molecule has 0 aliphatic heterocycles. The van der Waals surface area contributed by atoms with Gasteiger partial charge in [-0.3, -0.25) is 9.59 Å². The van der Waals surface area contributed by atoms with Crippen molar-refractivity contribution >= 4 is 17.5 Å². The zero-order valence-electron chi connectivity index (χ0n) is 11.0. The standard InChI is InChI=1S/C13H19N3O2/c1-9-5-4-6-10(14)12(9)13(18)16(3)8-7-11(17)15-2/h4-6H,7-8,14H2,1-3H3,(H,15,17). The molecule has 0 saturated carbocycles. The maximum absolute atomic E-state index is 12.2. The lowest BCUT2D eigenvalue weighted by Crippen LogP contribution is -2.32. The Morgan fingerprint density at radius 1 is 1.39 bits per heavy atom. The van der Waals surface area contributed by atoms with Gasteiger partial charge in [-0.15, -0.1) is 0 Å². The molecule has 0 saturated heterocycles. The van der Waals surface area contributed by atoms with Crippen LogP contribution in [0.1, 0.15) is 22.3 Å². The third-order valence-corrected chi connectivity index (χ3v) is 2.82. The predicted molar refractivity (Wildman–Crippen MR) is 71.2 cm³/mol. The molecule has 1 aromatic rings. The smallest absolute Gasteiger partial charge is 0.255 e. The number of nitrogens with zero attached hydrogens (tertiary/aromatic N) is 1. The fourth-order valence-electron chi connectivity index (χ4n) is 1.67. The molecule has 5 nitrogen and oxygen atoms in total. The SMILES string of the molecule is CNC(=O)CCN(C)C(=O)c1c(C)cccc1N. The van der Waals surface area contributed by atoms with E-state index in [2.05, 4.69) is 5.32 Å². The Bertz CT molecular complexity index is 437. The van der Waals surface area contributed by atoms with Gasteiger partial charge in [0.15, 0.2) is 0 Å². The first-order valence-electron chi connectivity index (χ1n) is 5.78. The molecule has 1 rings (SSSR count). The molecule has 0 atom stereocenters. The second-order valence-electron chi connectivity index (χ2n) is 4.19. The Morgan fingerprint density at radius 3 is 2.61 bits per heavy atom. The van der Waals surface area contributed by atoms with Gasteiger partial charge in [-0.2, -0.15) is 0 Å². The zero-order chi connectivity index (χ0) is 13.7. The number of hydrogen-bond acceptors (Lipinski definition) is 3. The van der Waals surface area contributed by atoms with Crippen molar-refractivity contribution < 1.29 is 9.59 Å². The van der Waals surface area contributed by atoms with Crippen molar-refractivity contribution in [2.75, 3.05) is 26.4 Å². The van der Waals surface area contributed by atoms with Crippen LogP contribution in [0, 0.1) is 6.92 Å². The fourth-order valence-corrected chi connectivity index (χ4v) is 1.67. The molecule has 5 heteroatoms. The van der Waals surface area contributed by atoms with Crippen LogP contribution in [-0.2, 0) is 4.79 Å². The van der Waals surface area contributed by atoms with Crippen molar-refractivity contribution in [1.82, 2.24) is 10.2 Å². The summed E-state index contributed by atoms with van der Waals surface area (Å²) in [6, 6.07) is 5.36. The highest BCUT2D eigenvalue weighted by molar-refractivity contribution is 6.00. The van der Waals surface area contributed by atoms with Gasteiger partial charge in [0.1, 0.15) is 0 Å². The lowest BCUT2D eigenvalue weighted by atomic mass is 10.1. The van der Waals surface area contributed by atoms with Gasteiger partial charge in [0.05, 0.1) is 5.56 Å². The highest BCUT2D eigenvalue weighted by Gasteiger charge is 2.17. The molecule has 0 spiro atoms. The minimum Gasteiger partial charge on any atom is -0.398 e. The highest BCUT2D eigenvalue weighted by Crippen LogP contribution is 2.18. The Morgan fingerprint density at radius 2 is 2.06 bits per heavy atom. The van der Waals surface area contributed by atoms with E-state index in [1.165, 1.54) is 4.90 Å². The van der Waals surface area contributed by atoms with Gasteiger partial charge in [0.25, 0.3) is 5.91 Å². The van der Waals surface area contributed by atoms with E-state index in [0.29, 0.717) is 17.8 Å². The molecule has 0 fully saturated rings. The van der Waals surface area contributed by atoms with Crippen molar-refractivity contribution in [3.63, 3.8) is 0 Å². The van der Waals surface area contributed by atoms with Crippen LogP contribution in [-0.4, -0.2) is 37.4 Å². The number of anilines is 1.